The van der Waals surface area contributed by atoms with Gasteiger partial charge in [0.15, 0.2) is 0 Å². The summed E-state index contributed by atoms with van der Waals surface area (Å²) in [6.45, 7) is 7.22. The van der Waals surface area contributed by atoms with Crippen LogP contribution >= 0.6 is 0 Å². The number of nitrogens with one attached hydrogen (secondary N) is 2. The van der Waals surface area contributed by atoms with E-state index in [1.165, 1.54) is 7.11 Å². The first-order valence-corrected chi connectivity index (χ1v) is 12.7. The first-order valence-electron chi connectivity index (χ1n) is 12.7. The third-order valence-electron chi connectivity index (χ3n) is 7.10. The maximum absolute atomic E-state index is 12.5. The highest BCUT2D eigenvalue weighted by molar-refractivity contribution is 5.95. The topological polar surface area (TPSA) is 110 Å². The van der Waals surface area contributed by atoms with Crippen molar-refractivity contribution >= 4 is 28.8 Å². The summed E-state index contributed by atoms with van der Waals surface area (Å²) in [4.78, 5) is 32.9. The minimum Gasteiger partial charge on any atom is -0.452 e. The number of rotatable bonds is 9. The van der Waals surface area contributed by atoms with Gasteiger partial charge in [-0.2, -0.15) is 5.10 Å². The summed E-state index contributed by atoms with van der Waals surface area (Å²) in [5.41, 5.74) is 4.02. The van der Waals surface area contributed by atoms with Gasteiger partial charge in [0, 0.05) is 76.2 Å². The van der Waals surface area contributed by atoms with E-state index >= 15 is 0 Å². The number of methoxy groups -OCH3 is 1. The van der Waals surface area contributed by atoms with Gasteiger partial charge in [0.05, 0.1) is 23.8 Å². The highest BCUT2D eigenvalue weighted by Gasteiger charge is 2.31. The van der Waals surface area contributed by atoms with E-state index in [1.807, 2.05) is 27.9 Å². The molecule has 1 fully saturated rings. The molecule has 5 rings (SSSR count). The number of nitrogens with zero attached hydrogens (tertiary/aromatic N) is 6. The number of carbonyl (C=O) groups is 2. The summed E-state index contributed by atoms with van der Waals surface area (Å²) in [5, 5.41) is 10.6. The molecule has 0 unspecified atom stereocenters. The van der Waals surface area contributed by atoms with Crippen LogP contribution < -0.4 is 15.5 Å². The van der Waals surface area contributed by atoms with Crippen LogP contribution in [0.25, 0.3) is 11.0 Å². The predicted octanol–water partition coefficient (Wildman–Crippen LogP) is 2.00. The maximum atomic E-state index is 12.5. The first-order chi connectivity index (χ1) is 17.6. The van der Waals surface area contributed by atoms with Crippen LogP contribution in [0.3, 0.4) is 0 Å². The second kappa shape index (κ2) is 10.6. The molecule has 11 heteroatoms. The van der Waals surface area contributed by atoms with Gasteiger partial charge in [0.1, 0.15) is 5.82 Å². The summed E-state index contributed by atoms with van der Waals surface area (Å²) in [5.74, 6) is 0.998. The molecule has 2 aliphatic heterocycles. The molecule has 2 aromatic heterocycles. The number of amides is 3. The number of aromatic nitrogens is 4. The monoisotopic (exact) mass is 494 g/mol. The maximum Gasteiger partial charge on any atom is 0.414 e. The highest BCUT2D eigenvalue weighted by atomic mass is 16.5. The van der Waals surface area contributed by atoms with Gasteiger partial charge in [0.2, 0.25) is 0 Å². The first kappa shape index (κ1) is 24.1. The molecule has 2 N–H and O–H groups in total. The molecule has 4 heterocycles. The van der Waals surface area contributed by atoms with E-state index in [1.54, 1.807) is 11.1 Å². The Bertz CT molecular complexity index is 1220. The fourth-order valence-electron chi connectivity index (χ4n) is 5.19. The van der Waals surface area contributed by atoms with Crippen LogP contribution in [-0.4, -0.2) is 82.2 Å². The molecule has 1 saturated heterocycles. The van der Waals surface area contributed by atoms with Gasteiger partial charge >= 0.3 is 12.1 Å². The van der Waals surface area contributed by atoms with Gasteiger partial charge in [-0.05, 0) is 38.0 Å². The third kappa shape index (κ3) is 4.75. The summed E-state index contributed by atoms with van der Waals surface area (Å²) in [7, 11) is 1.42. The van der Waals surface area contributed by atoms with E-state index in [9.17, 15) is 9.59 Å². The second-order valence-electron chi connectivity index (χ2n) is 9.33. The van der Waals surface area contributed by atoms with E-state index in [2.05, 4.69) is 33.3 Å². The number of imidazole rings is 1. The second-order valence-corrected chi connectivity index (χ2v) is 9.33. The summed E-state index contributed by atoms with van der Waals surface area (Å²) in [6.07, 6.45) is 5.88. The van der Waals surface area contributed by atoms with Crippen LogP contribution in [0.5, 0.6) is 0 Å². The van der Waals surface area contributed by atoms with E-state index in [0.717, 1.165) is 86.6 Å². The average molecular weight is 495 g/mol. The summed E-state index contributed by atoms with van der Waals surface area (Å²) in [6, 6.07) is 6.11. The normalized spacial score (nSPS) is 17.5. The molecule has 3 aromatic rings. The van der Waals surface area contributed by atoms with E-state index < -0.39 is 0 Å². The molecule has 1 aromatic carbocycles. The third-order valence-corrected chi connectivity index (χ3v) is 7.10. The average Bonchev–Trinajstić information content (AvgIpc) is 3.62. The van der Waals surface area contributed by atoms with Crippen molar-refractivity contribution in [1.29, 1.82) is 0 Å². The van der Waals surface area contributed by atoms with Gasteiger partial charge in [-0.3, -0.25) is 9.58 Å². The highest BCUT2D eigenvalue weighted by Crippen LogP contribution is 2.36. The summed E-state index contributed by atoms with van der Waals surface area (Å²) < 4.78 is 9.26. The summed E-state index contributed by atoms with van der Waals surface area (Å²) >= 11 is 0. The van der Waals surface area contributed by atoms with Crippen molar-refractivity contribution in [3.05, 3.63) is 42.0 Å². The zero-order chi connectivity index (χ0) is 25.1. The number of carbonyl (C=O) groups excluding carboxylic acids is 2. The number of hydrogen-bond acceptors (Lipinski definition) is 6. The van der Waals surface area contributed by atoms with Gasteiger partial charge < -0.3 is 24.8 Å². The molecule has 0 aliphatic carbocycles. The molecular formula is C25H34N8O3. The Morgan fingerprint density at radius 2 is 2.11 bits per heavy atom. The number of aryl methyl sites for hydroxylation is 3. The molecule has 192 valence electrons. The minimum absolute atomic E-state index is 0.0124. The molecule has 11 nitrogen and oxygen atoms in total. The fourth-order valence-corrected chi connectivity index (χ4v) is 5.19. The largest absolute Gasteiger partial charge is 0.452 e. The van der Waals surface area contributed by atoms with Crippen molar-refractivity contribution in [3.8, 4) is 0 Å². The van der Waals surface area contributed by atoms with Crippen molar-refractivity contribution < 1.29 is 14.3 Å². The minimum atomic E-state index is -0.336. The van der Waals surface area contributed by atoms with Crippen LogP contribution in [0, 0.1) is 0 Å². The lowest BCUT2D eigenvalue weighted by Gasteiger charge is -2.34. The molecule has 0 radical (unpaired) electrons. The fraction of sp³-hybridized carbons (Fsp3) is 0.520. The van der Waals surface area contributed by atoms with Gasteiger partial charge in [-0.1, -0.05) is 0 Å². The Hall–Kier alpha value is -3.60. The SMILES string of the molecule is COC(=O)N1c2ccc3c(nc(CCn4cccn4)n3CCNCCN3CCNC3=O)c2CC[C@@H]1C. The number of fused-ring (bicyclic) bond motifs is 3. The smallest absolute Gasteiger partial charge is 0.414 e. The predicted molar refractivity (Wildman–Crippen MR) is 136 cm³/mol. The standard InChI is InChI=1S/C25H34N8O3/c1-18-4-5-19-20(33(18)25(35)36-2)6-7-21-23(19)29-22(8-14-31-13-3-9-28-31)32(21)17-11-26-10-15-30-16-12-27-24(30)34/h3,6-7,9,13,18,26H,4-5,8,10-12,14-17H2,1-2H3,(H,27,34)/t18-/m0/s1. The van der Waals surface area contributed by atoms with Crippen molar-refractivity contribution in [1.82, 2.24) is 34.9 Å². The Labute approximate surface area is 210 Å². The number of hydrogen-bond donors (Lipinski definition) is 2. The van der Waals surface area contributed by atoms with Gasteiger partial charge in [0.25, 0.3) is 0 Å². The molecule has 0 bridgehead atoms. The van der Waals surface area contributed by atoms with E-state index in [-0.39, 0.29) is 18.2 Å². The van der Waals surface area contributed by atoms with Crippen molar-refractivity contribution in [3.63, 3.8) is 0 Å². The van der Waals surface area contributed by atoms with E-state index in [0.29, 0.717) is 6.54 Å². The van der Waals surface area contributed by atoms with Crippen molar-refractivity contribution in [2.75, 3.05) is 44.7 Å². The van der Waals surface area contributed by atoms with E-state index in [4.69, 9.17) is 9.72 Å². The van der Waals surface area contributed by atoms with Gasteiger partial charge in [-0.15, -0.1) is 0 Å². The number of benzene rings is 1. The molecule has 0 spiro atoms. The van der Waals surface area contributed by atoms with Gasteiger partial charge in [-0.25, -0.2) is 14.6 Å². The van der Waals surface area contributed by atoms with Crippen LogP contribution in [-0.2, 0) is 30.7 Å². The zero-order valence-corrected chi connectivity index (χ0v) is 20.9. The van der Waals surface area contributed by atoms with Crippen LogP contribution in [0.2, 0.25) is 0 Å². The lowest BCUT2D eigenvalue weighted by Crippen LogP contribution is -2.42. The molecule has 2 aliphatic rings. The Balaban J connectivity index is 1.38. The Kier molecular flexibility index (Phi) is 7.08. The van der Waals surface area contributed by atoms with Crippen LogP contribution in [0.4, 0.5) is 15.3 Å². The lowest BCUT2D eigenvalue weighted by molar-refractivity contribution is 0.175. The van der Waals surface area contributed by atoms with Crippen LogP contribution in [0.1, 0.15) is 24.7 Å². The van der Waals surface area contributed by atoms with Crippen LogP contribution in [0.15, 0.2) is 30.6 Å². The Morgan fingerprint density at radius 1 is 1.25 bits per heavy atom. The van der Waals surface area contributed by atoms with Crippen molar-refractivity contribution in [2.24, 2.45) is 0 Å². The molecule has 36 heavy (non-hydrogen) atoms. The zero-order valence-electron chi connectivity index (χ0n) is 20.9. The quantitative estimate of drug-likeness (QED) is 0.441. The number of urea groups is 1. The van der Waals surface area contributed by atoms with Crippen molar-refractivity contribution in [2.45, 2.75) is 45.3 Å². The molecule has 0 saturated carbocycles. The number of ether oxygens (including phenoxy) is 1. The lowest BCUT2D eigenvalue weighted by atomic mass is 9.96. The molecular weight excluding hydrogens is 460 g/mol. The number of anilines is 1. The molecule has 3 amide bonds. The molecule has 1 atom stereocenters. The Morgan fingerprint density at radius 3 is 2.86 bits per heavy atom.